The van der Waals surface area contributed by atoms with Crippen LogP contribution in [-0.2, 0) is 13.1 Å². The van der Waals surface area contributed by atoms with Gasteiger partial charge in [-0.3, -0.25) is 4.68 Å². The summed E-state index contributed by atoms with van der Waals surface area (Å²) in [6.45, 7) is 3.82. The maximum absolute atomic E-state index is 5.82. The lowest BCUT2D eigenvalue weighted by Gasteiger charge is -2.08. The molecule has 17 heavy (non-hydrogen) atoms. The van der Waals surface area contributed by atoms with Crippen molar-refractivity contribution in [1.82, 2.24) is 14.8 Å². The first-order valence-corrected chi connectivity index (χ1v) is 6.03. The van der Waals surface area contributed by atoms with Crippen LogP contribution in [0.15, 0.2) is 30.6 Å². The lowest BCUT2D eigenvalue weighted by molar-refractivity contribution is 0.578. The third-order valence-corrected chi connectivity index (χ3v) is 2.65. The number of nitrogens with zero attached hydrogens (tertiary/aromatic N) is 3. The summed E-state index contributed by atoms with van der Waals surface area (Å²) in [6, 6.07) is 5.72. The molecule has 2 heterocycles. The van der Waals surface area contributed by atoms with E-state index in [1.807, 2.05) is 29.1 Å². The predicted molar refractivity (Wildman–Crippen MR) is 69.1 cm³/mol. The number of hydrogen-bond donors (Lipinski definition) is 1. The van der Waals surface area contributed by atoms with Crippen LogP contribution in [0.25, 0.3) is 0 Å². The number of pyridine rings is 1. The molecular formula is C12H15ClN4. The minimum atomic E-state index is 0.497. The summed E-state index contributed by atoms with van der Waals surface area (Å²) in [5, 5.41) is 8.07. The van der Waals surface area contributed by atoms with Gasteiger partial charge in [0.1, 0.15) is 5.15 Å². The molecule has 0 radical (unpaired) electrons. The van der Waals surface area contributed by atoms with E-state index in [-0.39, 0.29) is 0 Å². The largest absolute Gasteiger partial charge is 0.379 e. The Kier molecular flexibility index (Phi) is 3.98. The van der Waals surface area contributed by atoms with E-state index in [0.29, 0.717) is 5.15 Å². The highest BCUT2D eigenvalue weighted by atomic mass is 35.5. The molecule has 0 unspecified atom stereocenters. The van der Waals surface area contributed by atoms with Crippen LogP contribution in [0.5, 0.6) is 0 Å². The highest BCUT2D eigenvalue weighted by molar-refractivity contribution is 6.29. The van der Waals surface area contributed by atoms with E-state index in [9.17, 15) is 0 Å². The van der Waals surface area contributed by atoms with Gasteiger partial charge in [0.15, 0.2) is 0 Å². The van der Waals surface area contributed by atoms with E-state index < -0.39 is 0 Å². The topological polar surface area (TPSA) is 42.7 Å². The molecule has 5 heteroatoms. The fraction of sp³-hybridized carbons (Fsp3) is 0.333. The SMILES string of the molecule is CCCn1nccc1CNc1ccnc(Cl)c1. The molecule has 4 nitrogen and oxygen atoms in total. The molecule has 0 amide bonds. The second-order valence-corrected chi connectivity index (χ2v) is 4.15. The summed E-state index contributed by atoms with van der Waals surface area (Å²) in [7, 11) is 0. The van der Waals surface area contributed by atoms with E-state index in [0.717, 1.165) is 25.2 Å². The second-order valence-electron chi connectivity index (χ2n) is 3.77. The quantitative estimate of drug-likeness (QED) is 0.830. The summed E-state index contributed by atoms with van der Waals surface area (Å²) in [5.74, 6) is 0. The highest BCUT2D eigenvalue weighted by Crippen LogP contribution is 2.13. The van der Waals surface area contributed by atoms with Gasteiger partial charge in [-0.05, 0) is 24.6 Å². The number of rotatable bonds is 5. The van der Waals surface area contributed by atoms with E-state index in [4.69, 9.17) is 11.6 Å². The number of aryl methyl sites for hydroxylation is 1. The highest BCUT2D eigenvalue weighted by Gasteiger charge is 2.01. The first kappa shape index (κ1) is 11.9. The Hall–Kier alpha value is -1.55. The van der Waals surface area contributed by atoms with Gasteiger partial charge >= 0.3 is 0 Å². The van der Waals surface area contributed by atoms with Gasteiger partial charge in [-0.2, -0.15) is 5.10 Å². The zero-order valence-electron chi connectivity index (χ0n) is 9.73. The first-order chi connectivity index (χ1) is 8.29. The first-order valence-electron chi connectivity index (χ1n) is 5.65. The Morgan fingerprint density at radius 3 is 3.00 bits per heavy atom. The van der Waals surface area contributed by atoms with Crippen molar-refractivity contribution >= 4 is 17.3 Å². The average molecular weight is 251 g/mol. The van der Waals surface area contributed by atoms with Gasteiger partial charge in [-0.1, -0.05) is 18.5 Å². The van der Waals surface area contributed by atoms with Gasteiger partial charge in [0.2, 0.25) is 0 Å². The Bertz CT molecular complexity index is 481. The van der Waals surface area contributed by atoms with Crippen LogP contribution in [0.4, 0.5) is 5.69 Å². The maximum atomic E-state index is 5.82. The van der Waals surface area contributed by atoms with Crippen LogP contribution in [0.3, 0.4) is 0 Å². The van der Waals surface area contributed by atoms with Gasteiger partial charge in [-0.15, -0.1) is 0 Å². The predicted octanol–water partition coefficient (Wildman–Crippen LogP) is 2.95. The van der Waals surface area contributed by atoms with Gasteiger partial charge in [-0.25, -0.2) is 4.98 Å². The second kappa shape index (κ2) is 5.68. The summed E-state index contributed by atoms with van der Waals surface area (Å²) < 4.78 is 2.01. The van der Waals surface area contributed by atoms with Crippen molar-refractivity contribution < 1.29 is 0 Å². The van der Waals surface area contributed by atoms with E-state index in [1.54, 1.807) is 6.20 Å². The Morgan fingerprint density at radius 2 is 2.24 bits per heavy atom. The maximum Gasteiger partial charge on any atom is 0.131 e. The van der Waals surface area contributed by atoms with Crippen molar-refractivity contribution in [3.05, 3.63) is 41.4 Å². The molecule has 2 aromatic heterocycles. The standard InChI is InChI=1S/C12H15ClN4/c1-2-7-17-11(4-6-16-17)9-15-10-3-5-14-12(13)8-10/h3-6,8H,2,7,9H2,1H3,(H,14,15). The smallest absolute Gasteiger partial charge is 0.131 e. The third-order valence-electron chi connectivity index (χ3n) is 2.44. The van der Waals surface area contributed by atoms with Crippen LogP contribution >= 0.6 is 11.6 Å². The fourth-order valence-electron chi connectivity index (χ4n) is 1.63. The van der Waals surface area contributed by atoms with Crippen LogP contribution in [0, 0.1) is 0 Å². The molecule has 0 aliphatic carbocycles. The van der Waals surface area contributed by atoms with Crippen molar-refractivity contribution in [2.75, 3.05) is 5.32 Å². The average Bonchev–Trinajstić information content (AvgIpc) is 2.75. The molecule has 1 N–H and O–H groups in total. The van der Waals surface area contributed by atoms with Crippen molar-refractivity contribution in [2.45, 2.75) is 26.4 Å². The minimum Gasteiger partial charge on any atom is -0.379 e. The minimum absolute atomic E-state index is 0.497. The van der Waals surface area contributed by atoms with Crippen LogP contribution in [0.1, 0.15) is 19.0 Å². The Labute approximate surface area is 106 Å². The zero-order valence-corrected chi connectivity index (χ0v) is 10.5. The third kappa shape index (κ3) is 3.20. The van der Waals surface area contributed by atoms with Crippen LogP contribution < -0.4 is 5.32 Å². The lowest BCUT2D eigenvalue weighted by atomic mass is 10.3. The molecule has 0 bridgehead atoms. The molecule has 0 fully saturated rings. The molecule has 2 aromatic rings. The van der Waals surface area contributed by atoms with Gasteiger partial charge in [0.25, 0.3) is 0 Å². The van der Waals surface area contributed by atoms with Crippen molar-refractivity contribution in [2.24, 2.45) is 0 Å². The molecule has 0 spiro atoms. The van der Waals surface area contributed by atoms with Crippen molar-refractivity contribution in [3.63, 3.8) is 0 Å². The fourth-order valence-corrected chi connectivity index (χ4v) is 1.80. The summed E-state index contributed by atoms with van der Waals surface area (Å²) in [6.07, 6.45) is 4.59. The van der Waals surface area contributed by atoms with Crippen LogP contribution in [0.2, 0.25) is 5.15 Å². The van der Waals surface area contributed by atoms with E-state index in [2.05, 4.69) is 22.3 Å². The lowest BCUT2D eigenvalue weighted by Crippen LogP contribution is -2.08. The zero-order chi connectivity index (χ0) is 12.1. The number of nitrogens with one attached hydrogen (secondary N) is 1. The molecular weight excluding hydrogens is 236 g/mol. The van der Waals surface area contributed by atoms with Gasteiger partial charge in [0, 0.05) is 24.6 Å². The number of halogens is 1. The van der Waals surface area contributed by atoms with Gasteiger partial charge in [0.05, 0.1) is 12.2 Å². The molecule has 0 aromatic carbocycles. The molecule has 0 atom stereocenters. The summed E-state index contributed by atoms with van der Waals surface area (Å²) in [4.78, 5) is 3.94. The summed E-state index contributed by atoms with van der Waals surface area (Å²) >= 11 is 5.82. The monoisotopic (exact) mass is 250 g/mol. The molecule has 0 aliphatic heterocycles. The van der Waals surface area contributed by atoms with Crippen molar-refractivity contribution in [3.8, 4) is 0 Å². The normalized spacial score (nSPS) is 10.5. The molecule has 0 saturated carbocycles. The molecule has 90 valence electrons. The van der Waals surface area contributed by atoms with Gasteiger partial charge < -0.3 is 5.32 Å². The van der Waals surface area contributed by atoms with Crippen LogP contribution in [-0.4, -0.2) is 14.8 Å². The van der Waals surface area contributed by atoms with Crippen molar-refractivity contribution in [1.29, 1.82) is 0 Å². The summed E-state index contributed by atoms with van der Waals surface area (Å²) in [5.41, 5.74) is 2.13. The van der Waals surface area contributed by atoms with E-state index >= 15 is 0 Å². The van der Waals surface area contributed by atoms with E-state index in [1.165, 1.54) is 5.69 Å². The molecule has 0 saturated heterocycles. The number of hydrogen-bond acceptors (Lipinski definition) is 3. The molecule has 0 aliphatic rings. The molecule has 2 rings (SSSR count). The Balaban J connectivity index is 1.99. The number of anilines is 1. The number of aromatic nitrogens is 3. The Morgan fingerprint density at radius 1 is 1.35 bits per heavy atom.